The molecular weight excluding hydrogens is 283 g/mol. The Bertz CT molecular complexity index is 662. The number of benzene rings is 1. The number of aryl methyl sites for hydroxylation is 1. The summed E-state index contributed by atoms with van der Waals surface area (Å²) < 4.78 is 17.8. The Morgan fingerprint density at radius 1 is 1.35 bits per heavy atom. The number of pyridine rings is 1. The second-order valence-electron chi connectivity index (χ2n) is 4.13. The first-order valence-corrected chi connectivity index (χ1v) is 6.16. The number of aromatic nitrogens is 1. The zero-order chi connectivity index (χ0) is 14.7. The number of nitrogens with one attached hydrogen (secondary N) is 1. The minimum atomic E-state index is -0.531. The predicted octanol–water partition coefficient (Wildman–Crippen LogP) is 3.71. The van der Waals surface area contributed by atoms with E-state index in [0.29, 0.717) is 16.9 Å². The molecule has 2 aromatic rings. The van der Waals surface area contributed by atoms with Crippen LogP contribution in [-0.4, -0.2) is 18.1 Å². The molecule has 0 bridgehead atoms. The highest BCUT2D eigenvalue weighted by molar-refractivity contribution is 6.29. The number of halogens is 2. The molecule has 4 nitrogen and oxygen atoms in total. The summed E-state index contributed by atoms with van der Waals surface area (Å²) in [6.45, 7) is 1.76. The molecule has 2 rings (SSSR count). The van der Waals surface area contributed by atoms with Gasteiger partial charge in [0, 0.05) is 5.69 Å². The van der Waals surface area contributed by atoms with Gasteiger partial charge in [0.05, 0.1) is 24.6 Å². The minimum Gasteiger partial charge on any atom is -0.465 e. The molecule has 0 atom stereocenters. The predicted molar refractivity (Wildman–Crippen MR) is 75.0 cm³/mol. The largest absolute Gasteiger partial charge is 0.465 e. The highest BCUT2D eigenvalue weighted by atomic mass is 35.5. The molecule has 0 radical (unpaired) electrons. The van der Waals surface area contributed by atoms with E-state index in [1.165, 1.54) is 31.5 Å². The van der Waals surface area contributed by atoms with E-state index in [1.807, 2.05) is 0 Å². The fraction of sp³-hybridized carbons (Fsp3) is 0.143. The Morgan fingerprint density at radius 2 is 2.10 bits per heavy atom. The number of carbonyl (C=O) groups is 1. The molecule has 0 amide bonds. The van der Waals surface area contributed by atoms with Crippen molar-refractivity contribution >= 4 is 28.9 Å². The number of anilines is 2. The molecule has 1 aromatic carbocycles. The third kappa shape index (κ3) is 3.05. The lowest BCUT2D eigenvalue weighted by Gasteiger charge is -2.12. The van der Waals surface area contributed by atoms with Gasteiger partial charge in [0.2, 0.25) is 0 Å². The molecule has 1 heterocycles. The summed E-state index contributed by atoms with van der Waals surface area (Å²) in [6, 6.07) is 5.72. The van der Waals surface area contributed by atoms with E-state index in [9.17, 15) is 9.18 Å². The fourth-order valence-corrected chi connectivity index (χ4v) is 1.88. The Balaban J connectivity index is 2.40. The van der Waals surface area contributed by atoms with Crippen LogP contribution in [0, 0.1) is 12.7 Å². The molecule has 0 aliphatic carbocycles. The highest BCUT2D eigenvalue weighted by Crippen LogP contribution is 2.25. The van der Waals surface area contributed by atoms with Crippen LogP contribution in [-0.2, 0) is 4.74 Å². The maximum absolute atomic E-state index is 13.1. The molecule has 0 unspecified atom stereocenters. The average molecular weight is 295 g/mol. The molecule has 0 fully saturated rings. The van der Waals surface area contributed by atoms with Gasteiger partial charge in [0.1, 0.15) is 11.0 Å². The number of esters is 1. The molecule has 0 aliphatic rings. The van der Waals surface area contributed by atoms with Gasteiger partial charge in [0.25, 0.3) is 0 Å². The van der Waals surface area contributed by atoms with Crippen molar-refractivity contribution in [3.8, 4) is 0 Å². The minimum absolute atomic E-state index is 0.187. The van der Waals surface area contributed by atoms with Crippen LogP contribution >= 0.6 is 11.6 Å². The topological polar surface area (TPSA) is 51.2 Å². The van der Waals surface area contributed by atoms with Crippen molar-refractivity contribution in [3.63, 3.8) is 0 Å². The smallest absolute Gasteiger partial charge is 0.340 e. The van der Waals surface area contributed by atoms with E-state index in [4.69, 9.17) is 16.3 Å². The highest BCUT2D eigenvalue weighted by Gasteiger charge is 2.14. The Labute approximate surface area is 120 Å². The van der Waals surface area contributed by atoms with Crippen molar-refractivity contribution in [2.75, 3.05) is 12.4 Å². The first-order valence-electron chi connectivity index (χ1n) is 5.78. The van der Waals surface area contributed by atoms with Gasteiger partial charge in [-0.1, -0.05) is 11.6 Å². The summed E-state index contributed by atoms with van der Waals surface area (Å²) in [5.74, 6) is -0.855. The lowest BCUT2D eigenvalue weighted by atomic mass is 10.1. The van der Waals surface area contributed by atoms with E-state index in [0.717, 1.165) is 0 Å². The molecule has 0 aliphatic heterocycles. The Kier molecular flexibility index (Phi) is 4.20. The second-order valence-corrected chi connectivity index (χ2v) is 4.52. The standard InChI is InChI=1S/C14H12ClFN2O2/c1-8-5-9(16)3-4-11(8)18-12-7-17-13(15)6-10(12)14(19)20-2/h3-7,18H,1-2H3. The molecule has 20 heavy (non-hydrogen) atoms. The third-order valence-corrected chi connectivity index (χ3v) is 2.94. The van der Waals surface area contributed by atoms with E-state index >= 15 is 0 Å². The maximum atomic E-state index is 13.1. The second kappa shape index (κ2) is 5.88. The lowest BCUT2D eigenvalue weighted by molar-refractivity contribution is 0.0602. The van der Waals surface area contributed by atoms with Gasteiger partial charge in [-0.2, -0.15) is 0 Å². The number of rotatable bonds is 3. The van der Waals surface area contributed by atoms with Gasteiger partial charge in [0.15, 0.2) is 0 Å². The maximum Gasteiger partial charge on any atom is 0.340 e. The quantitative estimate of drug-likeness (QED) is 0.692. The summed E-state index contributed by atoms with van der Waals surface area (Å²) in [5, 5.41) is 3.21. The number of hydrogen-bond acceptors (Lipinski definition) is 4. The normalized spacial score (nSPS) is 10.2. The van der Waals surface area contributed by atoms with Crippen molar-refractivity contribution in [1.82, 2.24) is 4.98 Å². The molecule has 0 saturated heterocycles. The van der Waals surface area contributed by atoms with Gasteiger partial charge in [-0.3, -0.25) is 0 Å². The van der Waals surface area contributed by atoms with Gasteiger partial charge < -0.3 is 10.1 Å². The van der Waals surface area contributed by atoms with Crippen molar-refractivity contribution in [2.24, 2.45) is 0 Å². The molecule has 1 aromatic heterocycles. The van der Waals surface area contributed by atoms with Gasteiger partial charge in [-0.05, 0) is 36.8 Å². The number of hydrogen-bond donors (Lipinski definition) is 1. The van der Waals surface area contributed by atoms with Gasteiger partial charge >= 0.3 is 5.97 Å². The SMILES string of the molecule is COC(=O)c1cc(Cl)ncc1Nc1ccc(F)cc1C. The summed E-state index contributed by atoms with van der Waals surface area (Å²) in [7, 11) is 1.28. The lowest BCUT2D eigenvalue weighted by Crippen LogP contribution is -2.07. The number of carbonyl (C=O) groups excluding carboxylic acids is 1. The first kappa shape index (κ1) is 14.3. The van der Waals surface area contributed by atoms with Crippen LogP contribution in [0.2, 0.25) is 5.15 Å². The summed E-state index contributed by atoms with van der Waals surface area (Å²) in [6.07, 6.45) is 1.43. The van der Waals surface area contributed by atoms with Crippen LogP contribution in [0.5, 0.6) is 0 Å². The van der Waals surface area contributed by atoms with Crippen molar-refractivity contribution in [1.29, 1.82) is 0 Å². The van der Waals surface area contributed by atoms with Crippen LogP contribution in [0.4, 0.5) is 15.8 Å². The Morgan fingerprint density at radius 3 is 2.75 bits per heavy atom. The fourth-order valence-electron chi connectivity index (χ4n) is 1.72. The van der Waals surface area contributed by atoms with E-state index in [-0.39, 0.29) is 16.5 Å². The summed E-state index contributed by atoms with van der Waals surface area (Å²) in [4.78, 5) is 15.6. The van der Waals surface area contributed by atoms with Crippen LogP contribution in [0.1, 0.15) is 15.9 Å². The first-order chi connectivity index (χ1) is 9.51. The van der Waals surface area contributed by atoms with Crippen molar-refractivity contribution in [3.05, 3.63) is 52.6 Å². The summed E-state index contributed by atoms with van der Waals surface area (Å²) >= 11 is 5.78. The molecule has 6 heteroatoms. The molecule has 0 spiro atoms. The van der Waals surface area contributed by atoms with Crippen LogP contribution in [0.3, 0.4) is 0 Å². The van der Waals surface area contributed by atoms with Gasteiger partial charge in [-0.15, -0.1) is 0 Å². The van der Waals surface area contributed by atoms with Crippen molar-refractivity contribution in [2.45, 2.75) is 6.92 Å². The van der Waals surface area contributed by atoms with Crippen LogP contribution in [0.25, 0.3) is 0 Å². The molecular formula is C14H12ClFN2O2. The third-order valence-electron chi connectivity index (χ3n) is 2.73. The van der Waals surface area contributed by atoms with E-state index in [1.54, 1.807) is 13.0 Å². The number of ether oxygens (including phenoxy) is 1. The number of nitrogens with zero attached hydrogens (tertiary/aromatic N) is 1. The Hall–Kier alpha value is -2.14. The van der Waals surface area contributed by atoms with Crippen LogP contribution < -0.4 is 5.32 Å². The van der Waals surface area contributed by atoms with Crippen molar-refractivity contribution < 1.29 is 13.9 Å². The van der Waals surface area contributed by atoms with Gasteiger partial charge in [-0.25, -0.2) is 14.2 Å². The molecule has 104 valence electrons. The average Bonchev–Trinajstić information content (AvgIpc) is 2.42. The van der Waals surface area contributed by atoms with E-state index < -0.39 is 5.97 Å². The van der Waals surface area contributed by atoms with Crippen LogP contribution in [0.15, 0.2) is 30.5 Å². The monoisotopic (exact) mass is 294 g/mol. The zero-order valence-corrected chi connectivity index (χ0v) is 11.7. The zero-order valence-electron chi connectivity index (χ0n) is 10.9. The molecule has 0 saturated carbocycles. The van der Waals surface area contributed by atoms with E-state index in [2.05, 4.69) is 10.3 Å². The number of methoxy groups -OCH3 is 1. The summed E-state index contributed by atoms with van der Waals surface area (Å²) in [5.41, 5.74) is 2.07. The molecule has 1 N–H and O–H groups in total.